The summed E-state index contributed by atoms with van der Waals surface area (Å²) in [5, 5.41) is 11.7. The second-order valence-electron chi connectivity index (χ2n) is 3.17. The van der Waals surface area contributed by atoms with E-state index in [2.05, 4.69) is 11.9 Å². The van der Waals surface area contributed by atoms with Crippen LogP contribution in [0.2, 0.25) is 0 Å². The van der Waals surface area contributed by atoms with Crippen molar-refractivity contribution in [2.45, 2.75) is 12.5 Å². The number of rotatable bonds is 4. The number of aromatic hydroxyl groups is 1. The van der Waals surface area contributed by atoms with Crippen LogP contribution in [0.5, 0.6) is 5.75 Å². The highest BCUT2D eigenvalue weighted by Gasteiger charge is 2.11. The van der Waals surface area contributed by atoms with Crippen molar-refractivity contribution < 1.29 is 9.90 Å². The van der Waals surface area contributed by atoms with Crippen molar-refractivity contribution in [3.8, 4) is 5.75 Å². The number of phenols is 1. The summed E-state index contributed by atoms with van der Waals surface area (Å²) in [4.78, 5) is 11.4. The van der Waals surface area contributed by atoms with E-state index >= 15 is 0 Å². The average molecular weight is 206 g/mol. The molecule has 0 spiro atoms. The zero-order valence-corrected chi connectivity index (χ0v) is 8.31. The number of hydrogen-bond donors (Lipinski definition) is 3. The summed E-state index contributed by atoms with van der Waals surface area (Å²) < 4.78 is 0. The average Bonchev–Trinajstić information content (AvgIpc) is 2.22. The van der Waals surface area contributed by atoms with Gasteiger partial charge in [0.2, 0.25) is 5.91 Å². The number of nitrogens with one attached hydrogen (secondary N) is 1. The predicted octanol–water partition coefficient (Wildman–Crippen LogP) is 1.23. The van der Waals surface area contributed by atoms with E-state index in [1.807, 2.05) is 0 Å². The van der Waals surface area contributed by atoms with Gasteiger partial charge < -0.3 is 16.2 Å². The summed E-state index contributed by atoms with van der Waals surface area (Å²) in [6, 6.07) is 5.61. The van der Waals surface area contributed by atoms with Gasteiger partial charge >= 0.3 is 0 Å². The van der Waals surface area contributed by atoms with E-state index in [-0.39, 0.29) is 11.7 Å². The topological polar surface area (TPSA) is 75.4 Å². The fourth-order valence-electron chi connectivity index (χ4n) is 1.07. The monoisotopic (exact) mass is 206 g/mol. The van der Waals surface area contributed by atoms with Gasteiger partial charge in [0.1, 0.15) is 5.75 Å². The molecule has 1 rings (SSSR count). The fourth-order valence-corrected chi connectivity index (χ4v) is 1.07. The van der Waals surface area contributed by atoms with Crippen molar-refractivity contribution in [2.75, 3.05) is 5.32 Å². The molecule has 1 unspecified atom stereocenters. The molecule has 4 heteroatoms. The van der Waals surface area contributed by atoms with Crippen LogP contribution in [0.15, 0.2) is 36.9 Å². The third-order valence-corrected chi connectivity index (χ3v) is 1.89. The fraction of sp³-hybridized carbons (Fsp3) is 0.182. The van der Waals surface area contributed by atoms with Crippen LogP contribution in [-0.4, -0.2) is 17.1 Å². The van der Waals surface area contributed by atoms with E-state index in [9.17, 15) is 4.79 Å². The Morgan fingerprint density at radius 2 is 2.13 bits per heavy atom. The smallest absolute Gasteiger partial charge is 0.241 e. The van der Waals surface area contributed by atoms with Gasteiger partial charge in [-0.05, 0) is 30.7 Å². The lowest BCUT2D eigenvalue weighted by Crippen LogP contribution is -2.34. The Morgan fingerprint density at radius 1 is 1.53 bits per heavy atom. The Hall–Kier alpha value is -1.81. The summed E-state index contributed by atoms with van der Waals surface area (Å²) in [7, 11) is 0. The Labute approximate surface area is 88.4 Å². The molecule has 0 aliphatic rings. The van der Waals surface area contributed by atoms with E-state index in [0.717, 1.165) is 0 Å². The van der Waals surface area contributed by atoms with E-state index in [4.69, 9.17) is 10.8 Å². The van der Waals surface area contributed by atoms with Crippen LogP contribution >= 0.6 is 0 Å². The molecule has 0 radical (unpaired) electrons. The van der Waals surface area contributed by atoms with Gasteiger partial charge in [-0.2, -0.15) is 0 Å². The van der Waals surface area contributed by atoms with Crippen LogP contribution in [0, 0.1) is 0 Å². The maximum Gasteiger partial charge on any atom is 0.241 e. The molecule has 4 N–H and O–H groups in total. The number of carbonyl (C=O) groups excluding carboxylic acids is 1. The van der Waals surface area contributed by atoms with E-state index < -0.39 is 6.04 Å². The molecule has 1 aromatic rings. The summed E-state index contributed by atoms with van der Waals surface area (Å²) in [6.45, 7) is 3.51. The normalized spacial score (nSPS) is 11.8. The summed E-state index contributed by atoms with van der Waals surface area (Å²) in [5.41, 5.74) is 6.18. The van der Waals surface area contributed by atoms with Gasteiger partial charge in [-0.25, -0.2) is 0 Å². The number of carbonyl (C=O) groups is 1. The van der Waals surface area contributed by atoms with Crippen molar-refractivity contribution in [1.82, 2.24) is 0 Å². The van der Waals surface area contributed by atoms with Crippen LogP contribution in [0.3, 0.4) is 0 Å². The molecule has 1 atom stereocenters. The third kappa shape index (κ3) is 3.44. The van der Waals surface area contributed by atoms with Crippen molar-refractivity contribution in [2.24, 2.45) is 5.73 Å². The predicted molar refractivity (Wildman–Crippen MR) is 59.5 cm³/mol. The zero-order chi connectivity index (χ0) is 11.3. The first-order valence-corrected chi connectivity index (χ1v) is 4.60. The minimum absolute atomic E-state index is 0.156. The number of amides is 1. The molecular weight excluding hydrogens is 192 g/mol. The van der Waals surface area contributed by atoms with E-state index in [1.54, 1.807) is 18.2 Å². The first kappa shape index (κ1) is 11.3. The maximum absolute atomic E-state index is 11.4. The van der Waals surface area contributed by atoms with Crippen molar-refractivity contribution in [3.05, 3.63) is 36.9 Å². The number of benzene rings is 1. The molecule has 0 saturated carbocycles. The number of anilines is 1. The lowest BCUT2D eigenvalue weighted by Gasteiger charge is -2.09. The lowest BCUT2D eigenvalue weighted by atomic mass is 10.2. The molecule has 0 bridgehead atoms. The summed E-state index contributed by atoms with van der Waals surface area (Å²) in [6.07, 6.45) is 2.03. The summed E-state index contributed by atoms with van der Waals surface area (Å²) in [5.74, 6) is -0.107. The maximum atomic E-state index is 11.4. The Balaban J connectivity index is 2.58. The van der Waals surface area contributed by atoms with Crippen LogP contribution in [0.1, 0.15) is 6.42 Å². The lowest BCUT2D eigenvalue weighted by molar-refractivity contribution is -0.117. The van der Waals surface area contributed by atoms with Gasteiger partial charge in [-0.3, -0.25) is 4.79 Å². The van der Waals surface area contributed by atoms with Crippen LogP contribution < -0.4 is 11.1 Å². The van der Waals surface area contributed by atoms with Gasteiger partial charge in [-0.15, -0.1) is 6.58 Å². The molecule has 0 aliphatic heterocycles. The van der Waals surface area contributed by atoms with Crippen molar-refractivity contribution in [1.29, 1.82) is 0 Å². The SMILES string of the molecule is C=CCC(N)C(=O)Nc1ccc(O)cc1. The number of phenolic OH excluding ortho intramolecular Hbond substituents is 1. The molecule has 0 aliphatic carbocycles. The van der Waals surface area contributed by atoms with E-state index in [0.29, 0.717) is 12.1 Å². The van der Waals surface area contributed by atoms with Crippen LogP contribution in [0.25, 0.3) is 0 Å². The van der Waals surface area contributed by atoms with Gasteiger partial charge in [0.15, 0.2) is 0 Å². The van der Waals surface area contributed by atoms with Gasteiger partial charge in [0.05, 0.1) is 6.04 Å². The largest absolute Gasteiger partial charge is 0.508 e. The van der Waals surface area contributed by atoms with Crippen molar-refractivity contribution >= 4 is 11.6 Å². The molecule has 1 aromatic carbocycles. The standard InChI is InChI=1S/C11H14N2O2/c1-2-3-10(12)11(15)13-8-4-6-9(14)7-5-8/h2,4-7,10,14H,1,3,12H2,(H,13,15). The molecular formula is C11H14N2O2. The molecule has 80 valence electrons. The quantitative estimate of drug-likeness (QED) is 0.512. The summed E-state index contributed by atoms with van der Waals surface area (Å²) >= 11 is 0. The third-order valence-electron chi connectivity index (χ3n) is 1.89. The highest BCUT2D eigenvalue weighted by atomic mass is 16.3. The zero-order valence-electron chi connectivity index (χ0n) is 8.31. The Morgan fingerprint density at radius 3 is 2.67 bits per heavy atom. The number of hydrogen-bond acceptors (Lipinski definition) is 3. The van der Waals surface area contributed by atoms with Gasteiger partial charge in [0.25, 0.3) is 0 Å². The van der Waals surface area contributed by atoms with Crippen molar-refractivity contribution in [3.63, 3.8) is 0 Å². The molecule has 0 saturated heterocycles. The number of nitrogens with two attached hydrogens (primary N) is 1. The molecule has 1 amide bonds. The highest BCUT2D eigenvalue weighted by Crippen LogP contribution is 2.13. The first-order chi connectivity index (χ1) is 7.13. The van der Waals surface area contributed by atoms with Crippen LogP contribution in [-0.2, 0) is 4.79 Å². The minimum atomic E-state index is -0.587. The highest BCUT2D eigenvalue weighted by molar-refractivity contribution is 5.94. The Kier molecular flexibility index (Phi) is 3.88. The van der Waals surface area contributed by atoms with Gasteiger partial charge in [0, 0.05) is 5.69 Å². The molecule has 0 fully saturated rings. The second-order valence-corrected chi connectivity index (χ2v) is 3.17. The minimum Gasteiger partial charge on any atom is -0.508 e. The Bertz CT molecular complexity index is 346. The molecule has 15 heavy (non-hydrogen) atoms. The molecule has 0 heterocycles. The van der Waals surface area contributed by atoms with Gasteiger partial charge in [-0.1, -0.05) is 6.08 Å². The van der Waals surface area contributed by atoms with Crippen LogP contribution in [0.4, 0.5) is 5.69 Å². The van der Waals surface area contributed by atoms with E-state index in [1.165, 1.54) is 12.1 Å². The molecule has 0 aromatic heterocycles. The first-order valence-electron chi connectivity index (χ1n) is 4.60. The molecule has 4 nitrogen and oxygen atoms in total. The second kappa shape index (κ2) is 5.17.